The molecule has 3 nitrogen and oxygen atoms in total. The first-order valence-corrected chi connectivity index (χ1v) is 9.91. The van der Waals surface area contributed by atoms with Crippen LogP contribution < -0.4 is 0 Å². The average molecular weight is 416 g/mol. The van der Waals surface area contributed by atoms with E-state index >= 15 is 0 Å². The first-order valence-electron chi connectivity index (χ1n) is 9.16. The molecule has 2 aromatic heterocycles. The van der Waals surface area contributed by atoms with Gasteiger partial charge in [0.2, 0.25) is 0 Å². The Morgan fingerprint density at radius 2 is 1.28 bits per heavy atom. The second-order valence-electron chi connectivity index (χ2n) is 6.67. The van der Waals surface area contributed by atoms with Gasteiger partial charge in [-0.2, -0.15) is 5.10 Å². The Bertz CT molecular complexity index is 1290. The van der Waals surface area contributed by atoms with Crippen molar-refractivity contribution in [1.82, 2.24) is 14.8 Å². The Labute approximate surface area is 178 Å². The van der Waals surface area contributed by atoms with Crippen LogP contribution >= 0.6 is 23.2 Å². The second-order valence-corrected chi connectivity index (χ2v) is 7.54. The van der Waals surface area contributed by atoms with E-state index in [-0.39, 0.29) is 0 Å². The third kappa shape index (κ3) is 3.29. The van der Waals surface area contributed by atoms with Gasteiger partial charge in [0.05, 0.1) is 11.1 Å². The van der Waals surface area contributed by atoms with Gasteiger partial charge in [-0.15, -0.1) is 0 Å². The summed E-state index contributed by atoms with van der Waals surface area (Å²) in [6.45, 7) is 0. The molecule has 0 saturated carbocycles. The van der Waals surface area contributed by atoms with E-state index in [0.717, 1.165) is 39.1 Å². The Hall–Kier alpha value is -3.14. The smallest absolute Gasteiger partial charge is 0.164 e. The highest BCUT2D eigenvalue weighted by Gasteiger charge is 2.18. The molecule has 0 spiro atoms. The van der Waals surface area contributed by atoms with Gasteiger partial charge in [-0.3, -0.25) is 0 Å². The normalized spacial score (nSPS) is 11.1. The van der Waals surface area contributed by atoms with E-state index in [1.54, 1.807) is 0 Å². The van der Waals surface area contributed by atoms with E-state index in [9.17, 15) is 0 Å². The molecule has 3 aromatic carbocycles. The van der Waals surface area contributed by atoms with Gasteiger partial charge in [0.1, 0.15) is 5.69 Å². The number of fused-ring (bicyclic) bond motifs is 1. The molecule has 0 aliphatic rings. The average Bonchev–Trinajstić information content (AvgIpc) is 3.15. The van der Waals surface area contributed by atoms with Crippen LogP contribution in [0.25, 0.3) is 39.1 Å². The van der Waals surface area contributed by atoms with Crippen LogP contribution in [0.4, 0.5) is 0 Å². The van der Waals surface area contributed by atoms with Crippen LogP contribution in [0.3, 0.4) is 0 Å². The number of hydrogen-bond acceptors (Lipinski definition) is 2. The van der Waals surface area contributed by atoms with Gasteiger partial charge >= 0.3 is 0 Å². The molecule has 5 rings (SSSR count). The van der Waals surface area contributed by atoms with Gasteiger partial charge in [-0.25, -0.2) is 9.67 Å². The molecule has 0 fully saturated rings. The van der Waals surface area contributed by atoms with E-state index in [4.69, 9.17) is 28.3 Å². The highest BCUT2D eigenvalue weighted by Crippen LogP contribution is 2.36. The summed E-state index contributed by atoms with van der Waals surface area (Å²) in [7, 11) is 0. The molecule has 0 aliphatic heterocycles. The summed E-state index contributed by atoms with van der Waals surface area (Å²) in [5.41, 5.74) is 5.71. The van der Waals surface area contributed by atoms with Crippen molar-refractivity contribution in [3.05, 3.63) is 101 Å². The lowest BCUT2D eigenvalue weighted by Crippen LogP contribution is -1.97. The van der Waals surface area contributed by atoms with Gasteiger partial charge in [0, 0.05) is 21.8 Å². The molecule has 0 radical (unpaired) electrons. The first-order chi connectivity index (χ1) is 14.2. The van der Waals surface area contributed by atoms with Crippen LogP contribution in [0.2, 0.25) is 10.0 Å². The molecule has 0 bridgehead atoms. The van der Waals surface area contributed by atoms with Gasteiger partial charge in [-0.1, -0.05) is 65.7 Å². The standard InChI is InChI=1S/C24H15Cl2N3/c25-18-10-6-16(7-11-18)21-14-15-27-24-22(21)23(17-8-12-19(26)13-9-17)28-29(24)20-4-2-1-3-5-20/h1-15H. The molecule has 29 heavy (non-hydrogen) atoms. The van der Waals surface area contributed by atoms with E-state index in [2.05, 4.69) is 4.98 Å². The Morgan fingerprint density at radius 1 is 0.655 bits per heavy atom. The predicted octanol–water partition coefficient (Wildman–Crippen LogP) is 7.06. The lowest BCUT2D eigenvalue weighted by atomic mass is 10.00. The molecule has 0 N–H and O–H groups in total. The number of hydrogen-bond donors (Lipinski definition) is 0. The van der Waals surface area contributed by atoms with Gasteiger partial charge in [-0.05, 0) is 53.6 Å². The molecule has 140 valence electrons. The number of halogens is 2. The molecule has 0 saturated heterocycles. The third-order valence-corrected chi connectivity index (χ3v) is 5.35. The largest absolute Gasteiger partial charge is 0.236 e. The van der Waals surface area contributed by atoms with Gasteiger partial charge in [0.15, 0.2) is 5.65 Å². The van der Waals surface area contributed by atoms with Crippen LogP contribution in [0.1, 0.15) is 0 Å². The highest BCUT2D eigenvalue weighted by atomic mass is 35.5. The second kappa shape index (κ2) is 7.36. The van der Waals surface area contributed by atoms with Crippen LogP contribution in [0.5, 0.6) is 0 Å². The summed E-state index contributed by atoms with van der Waals surface area (Å²) in [6.07, 6.45) is 1.82. The lowest BCUT2D eigenvalue weighted by molar-refractivity contribution is 0.901. The predicted molar refractivity (Wildman–Crippen MR) is 120 cm³/mol. The minimum atomic E-state index is 0.691. The topological polar surface area (TPSA) is 30.7 Å². The lowest BCUT2D eigenvalue weighted by Gasteiger charge is -2.06. The number of para-hydroxylation sites is 1. The first kappa shape index (κ1) is 17.9. The van der Waals surface area contributed by atoms with Crippen LogP contribution in [-0.2, 0) is 0 Å². The number of aromatic nitrogens is 3. The quantitative estimate of drug-likeness (QED) is 0.315. The molecule has 5 heteroatoms. The zero-order valence-corrected chi connectivity index (χ0v) is 16.8. The fourth-order valence-electron chi connectivity index (χ4n) is 3.47. The maximum Gasteiger partial charge on any atom is 0.164 e. The summed E-state index contributed by atoms with van der Waals surface area (Å²) in [6, 6.07) is 27.6. The summed E-state index contributed by atoms with van der Waals surface area (Å²) in [5.74, 6) is 0. The zero-order valence-electron chi connectivity index (χ0n) is 15.3. The van der Waals surface area contributed by atoms with E-state index < -0.39 is 0 Å². The minimum Gasteiger partial charge on any atom is -0.236 e. The van der Waals surface area contributed by atoms with Crippen molar-refractivity contribution in [3.63, 3.8) is 0 Å². The van der Waals surface area contributed by atoms with E-state index in [1.807, 2.05) is 95.8 Å². The molecular weight excluding hydrogens is 401 g/mol. The van der Waals surface area contributed by atoms with Crippen LogP contribution in [-0.4, -0.2) is 14.8 Å². The maximum atomic E-state index is 6.11. The van der Waals surface area contributed by atoms with Crippen molar-refractivity contribution in [2.45, 2.75) is 0 Å². The number of pyridine rings is 1. The summed E-state index contributed by atoms with van der Waals surface area (Å²) >= 11 is 12.2. The SMILES string of the molecule is Clc1ccc(-c2ccnc3c2c(-c2ccc(Cl)cc2)nn3-c2ccccc2)cc1. The van der Waals surface area contributed by atoms with Crippen molar-refractivity contribution < 1.29 is 0 Å². The highest BCUT2D eigenvalue weighted by molar-refractivity contribution is 6.31. The van der Waals surface area contributed by atoms with Crippen LogP contribution in [0.15, 0.2) is 91.1 Å². The molecule has 0 aliphatic carbocycles. The van der Waals surface area contributed by atoms with E-state index in [1.165, 1.54) is 0 Å². The van der Waals surface area contributed by atoms with Crippen molar-refractivity contribution >= 4 is 34.2 Å². The van der Waals surface area contributed by atoms with E-state index in [0.29, 0.717) is 10.0 Å². The van der Waals surface area contributed by atoms with Gasteiger partial charge < -0.3 is 0 Å². The van der Waals surface area contributed by atoms with Crippen LogP contribution in [0, 0.1) is 0 Å². The van der Waals surface area contributed by atoms with Crippen molar-refractivity contribution in [2.75, 3.05) is 0 Å². The fourth-order valence-corrected chi connectivity index (χ4v) is 3.72. The Kier molecular flexibility index (Phi) is 4.55. The van der Waals surface area contributed by atoms with Gasteiger partial charge in [0.25, 0.3) is 0 Å². The Morgan fingerprint density at radius 3 is 1.93 bits per heavy atom. The summed E-state index contributed by atoms with van der Waals surface area (Å²) in [4.78, 5) is 4.67. The molecule has 0 atom stereocenters. The van der Waals surface area contributed by atoms with Crippen molar-refractivity contribution in [3.8, 4) is 28.1 Å². The molecule has 0 unspecified atom stereocenters. The zero-order chi connectivity index (χ0) is 19.8. The monoisotopic (exact) mass is 415 g/mol. The molecular formula is C24H15Cl2N3. The number of nitrogens with zero attached hydrogens (tertiary/aromatic N) is 3. The third-order valence-electron chi connectivity index (χ3n) is 4.84. The van der Waals surface area contributed by atoms with Crippen molar-refractivity contribution in [2.24, 2.45) is 0 Å². The fraction of sp³-hybridized carbons (Fsp3) is 0. The number of rotatable bonds is 3. The van der Waals surface area contributed by atoms with Crippen molar-refractivity contribution in [1.29, 1.82) is 0 Å². The molecule has 2 heterocycles. The minimum absolute atomic E-state index is 0.691. The summed E-state index contributed by atoms with van der Waals surface area (Å²) in [5, 5.41) is 7.33. The molecule has 0 amide bonds. The molecule has 5 aromatic rings. The summed E-state index contributed by atoms with van der Waals surface area (Å²) < 4.78 is 1.89. The number of benzene rings is 3. The Balaban J connectivity index is 1.84. The maximum absolute atomic E-state index is 6.11.